The highest BCUT2D eigenvalue weighted by atomic mass is 16.5. The highest BCUT2D eigenvalue weighted by Gasteiger charge is 2.30. The Morgan fingerprint density at radius 3 is 3.00 bits per heavy atom. The van der Waals surface area contributed by atoms with Crippen LogP contribution in [0.25, 0.3) is 0 Å². The number of hydrogen-bond donors (Lipinski definition) is 1. The maximum absolute atomic E-state index is 12.9. The molecule has 0 aliphatic carbocycles. The number of hydrogen-bond acceptors (Lipinski definition) is 3. The maximum atomic E-state index is 12.9. The molecule has 1 aliphatic rings. The van der Waals surface area contributed by atoms with Crippen molar-refractivity contribution >= 4 is 11.7 Å². The molecule has 1 aromatic heterocycles. The molecule has 1 N–H and O–H groups in total. The van der Waals surface area contributed by atoms with Crippen LogP contribution in [-0.2, 0) is 7.05 Å². The molecule has 1 atom stereocenters. The van der Waals surface area contributed by atoms with Gasteiger partial charge in [0.05, 0.1) is 17.4 Å². The Bertz CT molecular complexity index is 778. The number of aromatic nitrogens is 2. The minimum Gasteiger partial charge on any atom is -0.479 e. The van der Waals surface area contributed by atoms with Gasteiger partial charge in [-0.1, -0.05) is 18.1 Å². The van der Waals surface area contributed by atoms with Crippen LogP contribution in [0.15, 0.2) is 36.5 Å². The van der Waals surface area contributed by atoms with Crippen molar-refractivity contribution in [2.45, 2.75) is 25.3 Å². The Kier molecular flexibility index (Phi) is 5.24. The number of terminal acetylenes is 1. The lowest BCUT2D eigenvalue weighted by atomic mass is 9.99. The molecule has 2 heterocycles. The number of nitrogens with zero attached hydrogens (tertiary/aromatic N) is 3. The summed E-state index contributed by atoms with van der Waals surface area (Å²) in [4.78, 5) is 14.8. The van der Waals surface area contributed by atoms with Crippen molar-refractivity contribution in [3.05, 3.63) is 42.2 Å². The zero-order valence-electron chi connectivity index (χ0n) is 14.3. The number of rotatable bonds is 4. The van der Waals surface area contributed by atoms with Gasteiger partial charge in [-0.3, -0.25) is 4.68 Å². The first-order valence-corrected chi connectivity index (χ1v) is 8.41. The molecule has 1 aliphatic heterocycles. The number of benzene rings is 1. The largest absolute Gasteiger partial charge is 0.479 e. The monoisotopic (exact) mass is 338 g/mol. The smallest absolute Gasteiger partial charge is 0.322 e. The summed E-state index contributed by atoms with van der Waals surface area (Å²) in [6, 6.07) is 9.17. The number of aryl methyl sites for hydroxylation is 1. The topological polar surface area (TPSA) is 59.4 Å². The molecule has 1 aromatic carbocycles. The number of nitrogens with one attached hydrogen (secondary N) is 1. The highest BCUT2D eigenvalue weighted by Crippen LogP contribution is 2.32. The van der Waals surface area contributed by atoms with Crippen LogP contribution in [-0.4, -0.2) is 33.9 Å². The van der Waals surface area contributed by atoms with Crippen molar-refractivity contribution in [3.63, 3.8) is 0 Å². The van der Waals surface area contributed by atoms with E-state index in [2.05, 4.69) is 16.3 Å². The normalized spacial score (nSPS) is 17.0. The predicted octanol–water partition coefficient (Wildman–Crippen LogP) is 3.19. The molecule has 1 fully saturated rings. The SMILES string of the molecule is C#CCOc1ccccc1NC(=O)N1CCCC[C@H]1c1ccnn1C. The van der Waals surface area contributed by atoms with Crippen molar-refractivity contribution in [2.75, 3.05) is 18.5 Å². The lowest BCUT2D eigenvalue weighted by Gasteiger charge is -2.35. The minimum atomic E-state index is -0.136. The van der Waals surface area contributed by atoms with Gasteiger partial charge in [0.25, 0.3) is 0 Å². The first-order valence-electron chi connectivity index (χ1n) is 8.41. The number of urea groups is 1. The number of carbonyl (C=O) groups is 1. The highest BCUT2D eigenvalue weighted by molar-refractivity contribution is 5.91. The number of anilines is 1. The summed E-state index contributed by atoms with van der Waals surface area (Å²) in [5, 5.41) is 7.20. The molecule has 3 rings (SSSR count). The average Bonchev–Trinajstić information content (AvgIpc) is 3.07. The molecule has 0 unspecified atom stereocenters. The summed E-state index contributed by atoms with van der Waals surface area (Å²) >= 11 is 0. The number of carbonyl (C=O) groups excluding carboxylic acids is 1. The summed E-state index contributed by atoms with van der Waals surface area (Å²) in [7, 11) is 1.91. The summed E-state index contributed by atoms with van der Waals surface area (Å²) in [6.07, 6.45) is 10.0. The quantitative estimate of drug-likeness (QED) is 0.871. The molecule has 0 bridgehead atoms. The van der Waals surface area contributed by atoms with Crippen molar-refractivity contribution in [1.82, 2.24) is 14.7 Å². The molecule has 6 heteroatoms. The van der Waals surface area contributed by atoms with Gasteiger partial charge >= 0.3 is 6.03 Å². The van der Waals surface area contributed by atoms with Crippen LogP contribution in [0, 0.1) is 12.3 Å². The molecule has 6 nitrogen and oxygen atoms in total. The molecular weight excluding hydrogens is 316 g/mol. The second kappa shape index (κ2) is 7.75. The fourth-order valence-corrected chi connectivity index (χ4v) is 3.20. The zero-order chi connectivity index (χ0) is 17.6. The number of likely N-dealkylation sites (tertiary alicyclic amines) is 1. The van der Waals surface area contributed by atoms with Crippen LogP contribution in [0.2, 0.25) is 0 Å². The Morgan fingerprint density at radius 1 is 1.40 bits per heavy atom. The number of ether oxygens (including phenoxy) is 1. The summed E-state index contributed by atoms with van der Waals surface area (Å²) < 4.78 is 7.34. The molecule has 0 spiro atoms. The van der Waals surface area contributed by atoms with Gasteiger partial charge < -0.3 is 15.0 Å². The van der Waals surface area contributed by atoms with Crippen molar-refractivity contribution in [1.29, 1.82) is 0 Å². The fraction of sp³-hybridized carbons (Fsp3) is 0.368. The van der Waals surface area contributed by atoms with E-state index >= 15 is 0 Å². The van der Waals surface area contributed by atoms with Crippen LogP contribution >= 0.6 is 0 Å². The molecule has 1 saturated heterocycles. The van der Waals surface area contributed by atoms with E-state index in [1.54, 1.807) is 12.3 Å². The van der Waals surface area contributed by atoms with Gasteiger partial charge in [0.1, 0.15) is 12.4 Å². The maximum Gasteiger partial charge on any atom is 0.322 e. The molecule has 2 amide bonds. The van der Waals surface area contributed by atoms with Crippen molar-refractivity contribution in [2.24, 2.45) is 7.05 Å². The van der Waals surface area contributed by atoms with Gasteiger partial charge in [-0.2, -0.15) is 5.10 Å². The fourth-order valence-electron chi connectivity index (χ4n) is 3.20. The third-order valence-corrected chi connectivity index (χ3v) is 4.40. The molecule has 2 aromatic rings. The van der Waals surface area contributed by atoms with Gasteiger partial charge in [0, 0.05) is 19.8 Å². The van der Waals surface area contributed by atoms with Crippen LogP contribution < -0.4 is 10.1 Å². The lowest BCUT2D eigenvalue weighted by Crippen LogP contribution is -2.41. The third kappa shape index (κ3) is 3.77. The first-order chi connectivity index (χ1) is 12.2. The van der Waals surface area contributed by atoms with E-state index in [1.165, 1.54) is 0 Å². The van der Waals surface area contributed by atoms with Crippen molar-refractivity contribution < 1.29 is 9.53 Å². The van der Waals surface area contributed by atoms with Gasteiger partial charge in [-0.05, 0) is 37.5 Å². The van der Waals surface area contributed by atoms with E-state index in [9.17, 15) is 4.79 Å². The number of piperidine rings is 1. The molecule has 130 valence electrons. The van der Waals surface area contributed by atoms with E-state index in [0.29, 0.717) is 11.4 Å². The van der Waals surface area contributed by atoms with E-state index < -0.39 is 0 Å². The van der Waals surface area contributed by atoms with Gasteiger partial charge in [-0.15, -0.1) is 6.42 Å². The predicted molar refractivity (Wildman–Crippen MR) is 96.3 cm³/mol. The number of para-hydroxylation sites is 2. The average molecular weight is 338 g/mol. The Balaban J connectivity index is 1.78. The molecular formula is C19H22N4O2. The zero-order valence-corrected chi connectivity index (χ0v) is 14.3. The first kappa shape index (κ1) is 16.9. The second-order valence-electron chi connectivity index (χ2n) is 6.00. The van der Waals surface area contributed by atoms with E-state index in [4.69, 9.17) is 11.2 Å². The van der Waals surface area contributed by atoms with Crippen molar-refractivity contribution in [3.8, 4) is 18.1 Å². The third-order valence-electron chi connectivity index (χ3n) is 4.40. The summed E-state index contributed by atoms with van der Waals surface area (Å²) in [6.45, 7) is 0.878. The van der Waals surface area contributed by atoms with Crippen LogP contribution in [0.5, 0.6) is 5.75 Å². The Labute approximate surface area is 147 Å². The van der Waals surface area contributed by atoms with Crippen LogP contribution in [0.1, 0.15) is 31.0 Å². The van der Waals surface area contributed by atoms with Crippen LogP contribution in [0.3, 0.4) is 0 Å². The molecule has 25 heavy (non-hydrogen) atoms. The summed E-state index contributed by atoms with van der Waals surface area (Å²) in [5.41, 5.74) is 1.67. The lowest BCUT2D eigenvalue weighted by molar-refractivity contribution is 0.159. The van der Waals surface area contributed by atoms with Crippen LogP contribution in [0.4, 0.5) is 10.5 Å². The van der Waals surface area contributed by atoms with Gasteiger partial charge in [0.2, 0.25) is 0 Å². The van der Waals surface area contributed by atoms with E-state index in [1.807, 2.05) is 40.9 Å². The van der Waals surface area contributed by atoms with Gasteiger partial charge in [-0.25, -0.2) is 4.79 Å². The molecule has 0 radical (unpaired) electrons. The standard InChI is InChI=1S/C19H22N4O2/c1-3-14-25-18-10-5-4-8-15(18)21-19(24)23-13-7-6-9-17(23)16-11-12-20-22(16)2/h1,4-5,8,10-12,17H,6-7,9,13-14H2,2H3,(H,21,24)/t17-/m0/s1. The van der Waals surface area contributed by atoms with Gasteiger partial charge in [0.15, 0.2) is 0 Å². The van der Waals surface area contributed by atoms with E-state index in [-0.39, 0.29) is 18.7 Å². The van der Waals surface area contributed by atoms with E-state index in [0.717, 1.165) is 31.5 Å². The Hall–Kier alpha value is -2.94. The second-order valence-corrected chi connectivity index (χ2v) is 6.00. The summed E-state index contributed by atoms with van der Waals surface area (Å²) in [5.74, 6) is 3.01. The Morgan fingerprint density at radius 2 is 2.24 bits per heavy atom. The number of amides is 2. The molecule has 0 saturated carbocycles. The minimum absolute atomic E-state index is 0.0278.